The number of amides is 4. The Balaban J connectivity index is 2.00. The number of carbonyl (C=O) groups excluding carboxylic acids is 4. The average Bonchev–Trinajstić information content (AvgIpc) is 2.91. The second-order valence-electron chi connectivity index (χ2n) is 7.99. The van der Waals surface area contributed by atoms with E-state index >= 15 is 0 Å². The number of carbonyl (C=O) groups is 4. The minimum absolute atomic E-state index is 0.207. The van der Waals surface area contributed by atoms with Crippen LogP contribution in [0.1, 0.15) is 45.7 Å². The number of hydrogen-bond donors (Lipinski definition) is 8. The summed E-state index contributed by atoms with van der Waals surface area (Å²) < 4.78 is 0. The van der Waals surface area contributed by atoms with Gasteiger partial charge in [-0.15, -0.1) is 0 Å². The summed E-state index contributed by atoms with van der Waals surface area (Å²) in [6, 6.07) is 9.49. The quantitative estimate of drug-likeness (QED) is 0.123. The molecule has 0 radical (unpaired) electrons. The molecule has 0 bridgehead atoms. The zero-order valence-electron chi connectivity index (χ0n) is 20.4. The van der Waals surface area contributed by atoms with Crippen LogP contribution in [0.2, 0.25) is 0 Å². The summed E-state index contributed by atoms with van der Waals surface area (Å²) in [7, 11) is 0. The molecule has 0 unspecified atom stereocenters. The summed E-state index contributed by atoms with van der Waals surface area (Å²) in [4.78, 5) is 47.7. The zero-order chi connectivity index (χ0) is 28.2. The van der Waals surface area contributed by atoms with Crippen LogP contribution in [0.5, 0.6) is 0 Å². The van der Waals surface area contributed by atoms with E-state index in [1.807, 2.05) is 0 Å². The number of aliphatic hydroxyl groups excluding tert-OH is 2. The van der Waals surface area contributed by atoms with Crippen LogP contribution in [-0.2, 0) is 9.59 Å². The largest absolute Gasteiger partial charge is 0.391 e. The molecule has 0 heterocycles. The van der Waals surface area contributed by atoms with Crippen molar-refractivity contribution < 1.29 is 39.8 Å². The third kappa shape index (κ3) is 8.44. The highest BCUT2D eigenvalue weighted by Gasteiger charge is 2.26. The van der Waals surface area contributed by atoms with Gasteiger partial charge in [0, 0.05) is 22.3 Å². The van der Waals surface area contributed by atoms with Crippen molar-refractivity contribution in [3.05, 3.63) is 70.8 Å². The number of rotatable bonds is 8. The average molecular weight is 523 g/mol. The lowest BCUT2D eigenvalue weighted by Gasteiger charge is -2.19. The predicted octanol–water partition coefficient (Wildman–Crippen LogP) is -0.941. The van der Waals surface area contributed by atoms with Gasteiger partial charge in [0.25, 0.3) is 23.6 Å². The first kappa shape index (κ1) is 29.5. The van der Waals surface area contributed by atoms with Crippen LogP contribution in [-0.4, -0.2) is 68.5 Å². The molecule has 0 saturated heterocycles. The Labute approximate surface area is 218 Å². The van der Waals surface area contributed by atoms with Crippen LogP contribution in [0.4, 0.5) is 0 Å². The van der Waals surface area contributed by atoms with Crippen LogP contribution < -0.4 is 21.6 Å². The van der Waals surface area contributed by atoms with E-state index in [9.17, 15) is 29.4 Å². The van der Waals surface area contributed by atoms with E-state index < -0.39 is 47.9 Å². The molecular weight excluding hydrogens is 496 g/mol. The molecule has 0 aliphatic heterocycles. The summed E-state index contributed by atoms with van der Waals surface area (Å²) >= 11 is 0. The highest BCUT2D eigenvalue weighted by atomic mass is 16.5. The molecule has 2 rings (SSSR count). The van der Waals surface area contributed by atoms with E-state index in [-0.39, 0.29) is 11.1 Å². The zero-order valence-corrected chi connectivity index (χ0v) is 20.4. The molecule has 0 aliphatic rings. The van der Waals surface area contributed by atoms with Gasteiger partial charge in [0.2, 0.25) is 0 Å². The number of aliphatic hydroxyl groups is 2. The molecule has 0 aliphatic carbocycles. The van der Waals surface area contributed by atoms with Gasteiger partial charge < -0.3 is 20.8 Å². The fourth-order valence-electron chi connectivity index (χ4n) is 3.02. The smallest absolute Gasteiger partial charge is 0.268 e. The van der Waals surface area contributed by atoms with Crippen molar-refractivity contribution >= 4 is 23.6 Å². The van der Waals surface area contributed by atoms with Crippen LogP contribution in [0.15, 0.2) is 48.5 Å². The minimum Gasteiger partial charge on any atom is -0.391 e. The van der Waals surface area contributed by atoms with Crippen molar-refractivity contribution in [1.82, 2.24) is 21.6 Å². The summed E-state index contributed by atoms with van der Waals surface area (Å²) in [5.74, 6) is 7.77. The van der Waals surface area contributed by atoms with Crippen LogP contribution >= 0.6 is 0 Å². The lowest BCUT2D eigenvalue weighted by Crippen LogP contribution is -2.51. The van der Waals surface area contributed by atoms with Gasteiger partial charge >= 0.3 is 0 Å². The number of nitrogens with one attached hydrogen (secondary N) is 4. The monoisotopic (exact) mass is 522 g/mol. The van der Waals surface area contributed by atoms with E-state index in [4.69, 9.17) is 10.4 Å². The first-order valence-electron chi connectivity index (χ1n) is 11.1. The molecule has 2 aromatic carbocycles. The molecule has 4 atom stereocenters. The van der Waals surface area contributed by atoms with Crippen molar-refractivity contribution in [2.75, 3.05) is 0 Å². The first-order chi connectivity index (χ1) is 18.1. The van der Waals surface area contributed by atoms with Gasteiger partial charge in [0.1, 0.15) is 12.1 Å². The van der Waals surface area contributed by atoms with Crippen molar-refractivity contribution in [3.8, 4) is 23.7 Å². The summed E-state index contributed by atoms with van der Waals surface area (Å²) in [5.41, 5.74) is 4.30. The Bertz CT molecular complexity index is 1180. The molecule has 8 N–H and O–H groups in total. The van der Waals surface area contributed by atoms with E-state index in [0.29, 0.717) is 11.1 Å². The van der Waals surface area contributed by atoms with E-state index in [2.05, 4.69) is 34.3 Å². The van der Waals surface area contributed by atoms with Gasteiger partial charge in [-0.05, 0) is 74.2 Å². The third-order valence-corrected chi connectivity index (χ3v) is 5.09. The third-order valence-electron chi connectivity index (χ3n) is 5.09. The molecule has 198 valence electrons. The maximum Gasteiger partial charge on any atom is 0.268 e. The topological polar surface area (TPSA) is 197 Å². The van der Waals surface area contributed by atoms with Crippen molar-refractivity contribution in [1.29, 1.82) is 0 Å². The Morgan fingerprint density at radius 1 is 0.632 bits per heavy atom. The van der Waals surface area contributed by atoms with Gasteiger partial charge in [0.05, 0.1) is 12.2 Å². The van der Waals surface area contributed by atoms with Gasteiger partial charge in [-0.25, -0.2) is 11.0 Å². The van der Waals surface area contributed by atoms with Gasteiger partial charge in [0.15, 0.2) is 0 Å². The fraction of sp³-hybridized carbons (Fsp3) is 0.231. The van der Waals surface area contributed by atoms with Gasteiger partial charge in [-0.2, -0.15) is 0 Å². The van der Waals surface area contributed by atoms with Crippen LogP contribution in [0, 0.1) is 23.7 Å². The lowest BCUT2D eigenvalue weighted by molar-refractivity contribution is -0.134. The maximum atomic E-state index is 12.3. The van der Waals surface area contributed by atoms with E-state index in [1.54, 1.807) is 24.3 Å². The molecule has 0 saturated carbocycles. The molecule has 12 heteroatoms. The number of benzene rings is 2. The molecule has 12 nitrogen and oxygen atoms in total. The second kappa shape index (κ2) is 14.1. The molecule has 4 amide bonds. The number of hydrogen-bond acceptors (Lipinski definition) is 8. The standard InChI is InChI=1S/C26H26N4O8/c1-15(31)21(25(35)29-37)27-23(33)19-11-7-17(8-12-19)5-3-4-6-18-9-13-20(14-10-18)24(34)28-22(16(2)32)26(36)30-38/h7-16,21-22,31-32,37-38H,1-2H3,(H,27,33)(H,28,34)(H,29,35)(H,30,36)/t15-,16-,21+,22+/m1/s1. The van der Waals surface area contributed by atoms with Crippen molar-refractivity contribution in [2.45, 2.75) is 38.1 Å². The SMILES string of the molecule is C[C@@H](O)[C@H](NC(=O)c1ccc(C#CC#Cc2ccc(C(=O)N[C@H](C(=O)NO)[C@@H](C)O)cc2)cc1)C(=O)NO. The Morgan fingerprint density at radius 2 is 0.947 bits per heavy atom. The van der Waals surface area contributed by atoms with Crippen LogP contribution in [0.3, 0.4) is 0 Å². The molecule has 2 aromatic rings. The normalized spacial score (nSPS) is 13.1. The van der Waals surface area contributed by atoms with Crippen LogP contribution in [0.25, 0.3) is 0 Å². The molecular formula is C26H26N4O8. The van der Waals surface area contributed by atoms with Crippen molar-refractivity contribution in [3.63, 3.8) is 0 Å². The Morgan fingerprint density at radius 3 is 1.21 bits per heavy atom. The molecule has 38 heavy (non-hydrogen) atoms. The highest BCUT2D eigenvalue weighted by Crippen LogP contribution is 2.06. The number of hydroxylamine groups is 2. The Kier molecular flexibility index (Phi) is 11.0. The van der Waals surface area contributed by atoms with E-state index in [1.165, 1.54) is 49.1 Å². The second-order valence-corrected chi connectivity index (χ2v) is 7.99. The fourth-order valence-corrected chi connectivity index (χ4v) is 3.02. The summed E-state index contributed by atoms with van der Waals surface area (Å²) in [6.45, 7) is 2.58. The molecule has 0 spiro atoms. The van der Waals surface area contributed by atoms with E-state index in [0.717, 1.165) is 0 Å². The minimum atomic E-state index is -1.33. The van der Waals surface area contributed by atoms with Gasteiger partial charge in [-0.1, -0.05) is 11.8 Å². The maximum absolute atomic E-state index is 12.3. The first-order valence-corrected chi connectivity index (χ1v) is 11.1. The molecule has 0 aromatic heterocycles. The van der Waals surface area contributed by atoms with Gasteiger partial charge in [-0.3, -0.25) is 29.6 Å². The predicted molar refractivity (Wildman–Crippen MR) is 132 cm³/mol. The summed E-state index contributed by atoms with van der Waals surface area (Å²) in [5, 5.41) is 41.3. The molecule has 0 fully saturated rings. The highest BCUT2D eigenvalue weighted by molar-refractivity contribution is 5.98. The summed E-state index contributed by atoms with van der Waals surface area (Å²) in [6.07, 6.45) is -2.46. The lowest BCUT2D eigenvalue weighted by atomic mass is 10.1. The van der Waals surface area contributed by atoms with Crippen molar-refractivity contribution in [2.24, 2.45) is 0 Å². The Hall–Kier alpha value is -4.72.